The number of methoxy groups -OCH3 is 1. The van der Waals surface area contributed by atoms with Gasteiger partial charge in [0.25, 0.3) is 0 Å². The molecule has 1 spiro atoms. The maximum Gasteiger partial charge on any atom is 0.0937 e. The van der Waals surface area contributed by atoms with Gasteiger partial charge in [0.15, 0.2) is 0 Å². The summed E-state index contributed by atoms with van der Waals surface area (Å²) in [6.07, 6.45) is 9.76. The number of aliphatic hydroxyl groups is 1. The molecule has 3 unspecified atom stereocenters. The van der Waals surface area contributed by atoms with E-state index in [9.17, 15) is 5.11 Å². The Morgan fingerprint density at radius 1 is 1.38 bits per heavy atom. The molecule has 0 amide bonds. The van der Waals surface area contributed by atoms with Crippen molar-refractivity contribution in [2.45, 2.75) is 51.0 Å². The van der Waals surface area contributed by atoms with E-state index in [0.29, 0.717) is 5.41 Å². The van der Waals surface area contributed by atoms with Crippen LogP contribution in [0.3, 0.4) is 0 Å². The maximum absolute atomic E-state index is 9.78. The zero-order chi connectivity index (χ0) is 11.4. The second-order valence-corrected chi connectivity index (χ2v) is 6.29. The third-order valence-electron chi connectivity index (χ3n) is 5.63. The average molecular weight is 222 g/mol. The molecule has 2 nitrogen and oxygen atoms in total. The molecule has 2 saturated carbocycles. The molecule has 4 aliphatic carbocycles. The van der Waals surface area contributed by atoms with Gasteiger partial charge in [-0.05, 0) is 43.9 Å². The fourth-order valence-corrected chi connectivity index (χ4v) is 4.59. The monoisotopic (exact) mass is 222 g/mol. The van der Waals surface area contributed by atoms with Crippen LogP contribution in [0.4, 0.5) is 0 Å². The van der Waals surface area contributed by atoms with Crippen LogP contribution in [0.5, 0.6) is 0 Å². The van der Waals surface area contributed by atoms with Crippen molar-refractivity contribution in [2.24, 2.45) is 10.8 Å². The van der Waals surface area contributed by atoms with Gasteiger partial charge in [-0.1, -0.05) is 18.6 Å². The molecule has 0 saturated heterocycles. The first-order valence-corrected chi connectivity index (χ1v) is 6.48. The highest BCUT2D eigenvalue weighted by Gasteiger charge is 2.61. The minimum Gasteiger partial charge on any atom is -0.396 e. The van der Waals surface area contributed by atoms with Crippen LogP contribution in [-0.4, -0.2) is 24.4 Å². The Labute approximate surface area is 97.7 Å². The fourth-order valence-electron chi connectivity index (χ4n) is 4.59. The van der Waals surface area contributed by atoms with Crippen molar-refractivity contribution in [1.29, 1.82) is 0 Å². The molecule has 16 heavy (non-hydrogen) atoms. The van der Waals surface area contributed by atoms with E-state index in [2.05, 4.69) is 13.0 Å². The molecule has 4 rings (SSSR count). The summed E-state index contributed by atoms with van der Waals surface area (Å²) in [7, 11) is 1.80. The quantitative estimate of drug-likeness (QED) is 0.728. The van der Waals surface area contributed by atoms with Crippen molar-refractivity contribution < 1.29 is 9.84 Å². The Morgan fingerprint density at radius 3 is 2.88 bits per heavy atom. The Hall–Kier alpha value is -0.340. The summed E-state index contributed by atoms with van der Waals surface area (Å²) in [5.41, 5.74) is 1.79. The topological polar surface area (TPSA) is 29.5 Å². The molecule has 0 radical (unpaired) electrons. The summed E-state index contributed by atoms with van der Waals surface area (Å²) < 4.78 is 5.84. The molecule has 0 aromatic carbocycles. The number of fused-ring (bicyclic) bond motifs is 2. The Kier molecular flexibility index (Phi) is 2.10. The summed E-state index contributed by atoms with van der Waals surface area (Å²) in [6, 6.07) is 0. The Morgan fingerprint density at radius 2 is 2.19 bits per heavy atom. The molecule has 2 heteroatoms. The van der Waals surface area contributed by atoms with E-state index in [1.807, 2.05) is 0 Å². The number of allylic oxidation sites excluding steroid dienone is 1. The SMILES string of the molecule is COC12C=C3CCCC3(CC1)CC2(C)CO. The third kappa shape index (κ3) is 1.05. The lowest BCUT2D eigenvalue weighted by Crippen LogP contribution is -2.59. The standard InChI is InChI=1S/C14H22O2/c1-12(10-15)9-13-5-3-4-11(13)8-14(12,16-2)7-6-13/h8,15H,3-7,9-10H2,1-2H3. The van der Waals surface area contributed by atoms with Crippen molar-refractivity contribution in [3.05, 3.63) is 11.6 Å². The van der Waals surface area contributed by atoms with Gasteiger partial charge in [-0.15, -0.1) is 0 Å². The Bertz CT molecular complexity index is 349. The minimum absolute atomic E-state index is 0.0756. The summed E-state index contributed by atoms with van der Waals surface area (Å²) in [5, 5.41) is 9.78. The molecule has 90 valence electrons. The van der Waals surface area contributed by atoms with E-state index in [-0.39, 0.29) is 17.6 Å². The van der Waals surface area contributed by atoms with Gasteiger partial charge in [-0.3, -0.25) is 0 Å². The molecule has 3 atom stereocenters. The van der Waals surface area contributed by atoms with Gasteiger partial charge in [-0.25, -0.2) is 0 Å². The van der Waals surface area contributed by atoms with Crippen LogP contribution in [0, 0.1) is 10.8 Å². The summed E-state index contributed by atoms with van der Waals surface area (Å²) >= 11 is 0. The molecule has 2 bridgehead atoms. The molecule has 1 N–H and O–H groups in total. The number of hydrogen-bond donors (Lipinski definition) is 1. The van der Waals surface area contributed by atoms with E-state index in [1.54, 1.807) is 12.7 Å². The summed E-state index contributed by atoms with van der Waals surface area (Å²) in [6.45, 7) is 2.44. The van der Waals surface area contributed by atoms with E-state index >= 15 is 0 Å². The lowest BCUT2D eigenvalue weighted by atomic mass is 9.49. The lowest BCUT2D eigenvalue weighted by Gasteiger charge is -2.59. The van der Waals surface area contributed by atoms with Crippen LogP contribution >= 0.6 is 0 Å². The minimum atomic E-state index is -0.191. The smallest absolute Gasteiger partial charge is 0.0937 e. The molecule has 0 heterocycles. The average Bonchev–Trinajstić information content (AvgIpc) is 2.70. The van der Waals surface area contributed by atoms with Crippen LogP contribution in [0.2, 0.25) is 0 Å². The number of ether oxygens (including phenoxy) is 1. The van der Waals surface area contributed by atoms with E-state index in [4.69, 9.17) is 4.74 Å². The highest BCUT2D eigenvalue weighted by atomic mass is 16.5. The number of hydrogen-bond acceptors (Lipinski definition) is 2. The molecular formula is C14H22O2. The maximum atomic E-state index is 9.78. The molecule has 4 aliphatic rings. The first-order chi connectivity index (χ1) is 7.60. The van der Waals surface area contributed by atoms with Gasteiger partial charge >= 0.3 is 0 Å². The largest absolute Gasteiger partial charge is 0.396 e. The molecule has 0 aromatic rings. The van der Waals surface area contributed by atoms with Gasteiger partial charge in [-0.2, -0.15) is 0 Å². The first-order valence-electron chi connectivity index (χ1n) is 6.48. The van der Waals surface area contributed by atoms with Crippen LogP contribution in [0.15, 0.2) is 11.6 Å². The predicted octanol–water partition coefficient (Wildman–Crippen LogP) is 2.66. The van der Waals surface area contributed by atoms with Crippen LogP contribution in [0.1, 0.15) is 45.4 Å². The third-order valence-corrected chi connectivity index (χ3v) is 5.63. The highest BCUT2D eigenvalue weighted by molar-refractivity contribution is 5.35. The molecule has 0 aromatic heterocycles. The number of rotatable bonds is 2. The summed E-state index contributed by atoms with van der Waals surface area (Å²) in [4.78, 5) is 0. The van der Waals surface area contributed by atoms with Gasteiger partial charge in [0, 0.05) is 12.5 Å². The lowest BCUT2D eigenvalue weighted by molar-refractivity contribution is -0.153. The molecule has 0 aliphatic heterocycles. The van der Waals surface area contributed by atoms with Crippen molar-refractivity contribution in [3.63, 3.8) is 0 Å². The Balaban J connectivity index is 2.12. The van der Waals surface area contributed by atoms with Crippen LogP contribution in [0.25, 0.3) is 0 Å². The van der Waals surface area contributed by atoms with Crippen molar-refractivity contribution in [2.75, 3.05) is 13.7 Å². The van der Waals surface area contributed by atoms with E-state index < -0.39 is 0 Å². The van der Waals surface area contributed by atoms with Gasteiger partial charge < -0.3 is 9.84 Å². The van der Waals surface area contributed by atoms with Gasteiger partial charge in [0.1, 0.15) is 0 Å². The fraction of sp³-hybridized carbons (Fsp3) is 0.857. The predicted molar refractivity (Wildman–Crippen MR) is 63.2 cm³/mol. The zero-order valence-electron chi connectivity index (χ0n) is 10.4. The van der Waals surface area contributed by atoms with E-state index in [1.165, 1.54) is 25.7 Å². The second-order valence-electron chi connectivity index (χ2n) is 6.29. The van der Waals surface area contributed by atoms with Gasteiger partial charge in [0.05, 0.1) is 12.2 Å². The second kappa shape index (κ2) is 3.11. The van der Waals surface area contributed by atoms with Crippen LogP contribution < -0.4 is 0 Å². The normalized spacial score (nSPS) is 50.3. The van der Waals surface area contributed by atoms with Crippen molar-refractivity contribution in [3.8, 4) is 0 Å². The van der Waals surface area contributed by atoms with Crippen molar-refractivity contribution >= 4 is 0 Å². The molecule has 2 fully saturated rings. The van der Waals surface area contributed by atoms with Crippen molar-refractivity contribution in [1.82, 2.24) is 0 Å². The van der Waals surface area contributed by atoms with Crippen LogP contribution in [-0.2, 0) is 4.74 Å². The van der Waals surface area contributed by atoms with Gasteiger partial charge in [0.2, 0.25) is 0 Å². The highest BCUT2D eigenvalue weighted by Crippen LogP contribution is 2.66. The zero-order valence-corrected chi connectivity index (χ0v) is 10.4. The van der Waals surface area contributed by atoms with E-state index in [0.717, 1.165) is 12.8 Å². The molecular weight excluding hydrogens is 200 g/mol. The summed E-state index contributed by atoms with van der Waals surface area (Å²) in [5.74, 6) is 0. The number of aliphatic hydroxyl groups excluding tert-OH is 1. The first kappa shape index (κ1) is 10.8.